The molecule has 17 heavy (non-hydrogen) atoms. The molecule has 0 aliphatic carbocycles. The lowest BCUT2D eigenvalue weighted by molar-refractivity contribution is -0.147. The lowest BCUT2D eigenvalue weighted by Gasteiger charge is -2.32. The van der Waals surface area contributed by atoms with Crippen molar-refractivity contribution < 1.29 is 14.3 Å². The smallest absolute Gasteiger partial charge is 0.309 e. The molecule has 0 aromatic heterocycles. The molecule has 1 atom stereocenters. The van der Waals surface area contributed by atoms with Gasteiger partial charge in [-0.15, -0.1) is 0 Å². The summed E-state index contributed by atoms with van der Waals surface area (Å²) in [6.07, 6.45) is 2.01. The van der Waals surface area contributed by atoms with E-state index in [0.29, 0.717) is 0 Å². The summed E-state index contributed by atoms with van der Waals surface area (Å²) in [4.78, 5) is 13.8. The fraction of sp³-hybridized carbons (Fsp3) is 0.923. The molecular weight excluding hydrogens is 218 g/mol. The van der Waals surface area contributed by atoms with Crippen LogP contribution in [-0.4, -0.2) is 49.8 Å². The van der Waals surface area contributed by atoms with E-state index in [1.54, 1.807) is 0 Å². The minimum absolute atomic E-state index is 0.0448. The Morgan fingerprint density at radius 2 is 2.12 bits per heavy atom. The molecule has 0 aromatic rings. The number of hydrogen-bond acceptors (Lipinski definition) is 4. The van der Waals surface area contributed by atoms with E-state index in [0.717, 1.165) is 39.1 Å². The maximum atomic E-state index is 11.5. The van der Waals surface area contributed by atoms with Crippen LogP contribution in [0.4, 0.5) is 0 Å². The molecule has 1 aliphatic heterocycles. The first-order chi connectivity index (χ1) is 7.92. The van der Waals surface area contributed by atoms with Gasteiger partial charge in [0.15, 0.2) is 0 Å². The summed E-state index contributed by atoms with van der Waals surface area (Å²) < 4.78 is 10.5. The van der Waals surface area contributed by atoms with Crippen LogP contribution in [0.2, 0.25) is 0 Å². The Morgan fingerprint density at radius 1 is 1.41 bits per heavy atom. The van der Waals surface area contributed by atoms with Gasteiger partial charge in [0.05, 0.1) is 25.2 Å². The minimum Gasteiger partial charge on any atom is -0.469 e. The first-order valence-electron chi connectivity index (χ1n) is 6.36. The number of esters is 1. The van der Waals surface area contributed by atoms with E-state index < -0.39 is 0 Å². The van der Waals surface area contributed by atoms with E-state index in [4.69, 9.17) is 9.47 Å². The van der Waals surface area contributed by atoms with Crippen LogP contribution < -0.4 is 0 Å². The third-order valence-electron chi connectivity index (χ3n) is 2.98. The van der Waals surface area contributed by atoms with Gasteiger partial charge in [0, 0.05) is 13.1 Å². The predicted octanol–water partition coefficient (Wildman–Crippen LogP) is 1.69. The van der Waals surface area contributed by atoms with E-state index in [1.165, 1.54) is 7.11 Å². The summed E-state index contributed by atoms with van der Waals surface area (Å²) in [5, 5.41) is 0. The molecule has 1 saturated heterocycles. The molecule has 1 heterocycles. The first kappa shape index (κ1) is 14.5. The normalized spacial score (nSPS) is 22.5. The zero-order valence-corrected chi connectivity index (χ0v) is 11.5. The van der Waals surface area contributed by atoms with E-state index in [9.17, 15) is 4.79 Å². The largest absolute Gasteiger partial charge is 0.469 e. The number of likely N-dealkylation sites (tertiary alicyclic amines) is 1. The van der Waals surface area contributed by atoms with E-state index in [1.807, 2.05) is 0 Å². The van der Waals surface area contributed by atoms with Gasteiger partial charge in [0.25, 0.3) is 0 Å². The molecule has 100 valence electrons. The number of hydrogen-bond donors (Lipinski definition) is 0. The molecule has 0 spiro atoms. The van der Waals surface area contributed by atoms with Gasteiger partial charge in [-0.3, -0.25) is 4.79 Å². The van der Waals surface area contributed by atoms with Crippen molar-refractivity contribution in [2.24, 2.45) is 5.92 Å². The number of nitrogens with zero attached hydrogens (tertiary/aromatic N) is 1. The molecule has 0 saturated carbocycles. The van der Waals surface area contributed by atoms with Crippen molar-refractivity contribution in [3.63, 3.8) is 0 Å². The van der Waals surface area contributed by atoms with Crippen molar-refractivity contribution in [3.05, 3.63) is 0 Å². The molecule has 0 amide bonds. The van der Waals surface area contributed by atoms with Crippen LogP contribution in [0.25, 0.3) is 0 Å². The van der Waals surface area contributed by atoms with Gasteiger partial charge in [0.1, 0.15) is 0 Å². The molecule has 4 nitrogen and oxygen atoms in total. The molecular formula is C13H25NO3. The summed E-state index contributed by atoms with van der Waals surface area (Å²) in [6, 6.07) is 0. The highest BCUT2D eigenvalue weighted by atomic mass is 16.5. The summed E-state index contributed by atoms with van der Waals surface area (Å²) in [7, 11) is 1.46. The molecule has 0 radical (unpaired) electrons. The molecule has 0 aromatic carbocycles. The maximum absolute atomic E-state index is 11.5. The van der Waals surface area contributed by atoms with Crippen LogP contribution in [0.1, 0.15) is 33.6 Å². The third kappa shape index (κ3) is 5.50. The lowest BCUT2D eigenvalue weighted by atomic mass is 9.98. The predicted molar refractivity (Wildman–Crippen MR) is 66.9 cm³/mol. The summed E-state index contributed by atoms with van der Waals surface area (Å²) in [5.74, 6) is -0.0326. The first-order valence-corrected chi connectivity index (χ1v) is 6.36. The monoisotopic (exact) mass is 243 g/mol. The van der Waals surface area contributed by atoms with Crippen molar-refractivity contribution in [2.75, 3.05) is 33.4 Å². The minimum atomic E-state index is -0.0858. The van der Waals surface area contributed by atoms with E-state index >= 15 is 0 Å². The molecule has 4 heteroatoms. The molecule has 1 rings (SSSR count). The van der Waals surface area contributed by atoms with Gasteiger partial charge in [0.2, 0.25) is 0 Å². The average Bonchev–Trinajstić information content (AvgIpc) is 2.27. The topological polar surface area (TPSA) is 38.8 Å². The Balaban J connectivity index is 2.28. The number of methoxy groups -OCH3 is 1. The van der Waals surface area contributed by atoms with E-state index in [2.05, 4.69) is 25.7 Å². The van der Waals surface area contributed by atoms with Crippen LogP contribution in [0.3, 0.4) is 0 Å². The zero-order chi connectivity index (χ0) is 12.9. The zero-order valence-electron chi connectivity index (χ0n) is 11.5. The Hall–Kier alpha value is -0.610. The summed E-state index contributed by atoms with van der Waals surface area (Å²) in [5.41, 5.74) is -0.0858. The summed E-state index contributed by atoms with van der Waals surface area (Å²) in [6.45, 7) is 9.64. The Labute approximate surface area is 104 Å². The molecule has 1 aliphatic rings. The van der Waals surface area contributed by atoms with E-state index in [-0.39, 0.29) is 17.5 Å². The number of carbonyl (C=O) groups excluding carboxylic acids is 1. The van der Waals surface area contributed by atoms with Gasteiger partial charge in [-0.25, -0.2) is 0 Å². The molecule has 0 bridgehead atoms. The lowest BCUT2D eigenvalue weighted by Crippen LogP contribution is -2.41. The number of ether oxygens (including phenoxy) is 2. The maximum Gasteiger partial charge on any atom is 0.309 e. The van der Waals surface area contributed by atoms with Crippen LogP contribution in [0.5, 0.6) is 0 Å². The van der Waals surface area contributed by atoms with Crippen molar-refractivity contribution in [1.82, 2.24) is 4.90 Å². The van der Waals surface area contributed by atoms with Gasteiger partial charge in [-0.2, -0.15) is 0 Å². The van der Waals surface area contributed by atoms with Crippen molar-refractivity contribution in [3.8, 4) is 0 Å². The van der Waals surface area contributed by atoms with Gasteiger partial charge in [-0.1, -0.05) is 0 Å². The van der Waals surface area contributed by atoms with Crippen molar-refractivity contribution >= 4 is 5.97 Å². The summed E-state index contributed by atoms with van der Waals surface area (Å²) >= 11 is 0. The highest BCUT2D eigenvalue weighted by Crippen LogP contribution is 2.17. The van der Waals surface area contributed by atoms with Crippen molar-refractivity contribution in [2.45, 2.75) is 39.2 Å². The van der Waals surface area contributed by atoms with Crippen LogP contribution in [0, 0.1) is 5.92 Å². The van der Waals surface area contributed by atoms with Gasteiger partial charge >= 0.3 is 5.97 Å². The number of piperidine rings is 1. The fourth-order valence-electron chi connectivity index (χ4n) is 2.10. The van der Waals surface area contributed by atoms with Crippen LogP contribution in [0.15, 0.2) is 0 Å². The van der Waals surface area contributed by atoms with Gasteiger partial charge in [-0.05, 0) is 40.2 Å². The second kappa shape index (κ2) is 6.36. The van der Waals surface area contributed by atoms with Crippen molar-refractivity contribution in [1.29, 1.82) is 0 Å². The second-order valence-electron chi connectivity index (χ2n) is 5.62. The molecule has 1 fully saturated rings. The standard InChI is InChI=1S/C13H25NO3/c1-13(2,3)17-9-8-14-7-5-6-11(10-14)12(15)16-4/h11H,5-10H2,1-4H3. The Morgan fingerprint density at radius 3 is 2.71 bits per heavy atom. The number of carbonyl (C=O) groups is 1. The highest BCUT2D eigenvalue weighted by molar-refractivity contribution is 5.72. The van der Waals surface area contributed by atoms with Crippen LogP contribution >= 0.6 is 0 Å². The second-order valence-corrected chi connectivity index (χ2v) is 5.62. The molecule has 0 N–H and O–H groups in total. The number of rotatable bonds is 4. The Bertz CT molecular complexity index is 248. The quantitative estimate of drug-likeness (QED) is 0.704. The highest BCUT2D eigenvalue weighted by Gasteiger charge is 2.26. The van der Waals surface area contributed by atoms with Crippen LogP contribution in [-0.2, 0) is 14.3 Å². The Kier molecular flexibility index (Phi) is 5.40. The third-order valence-corrected chi connectivity index (χ3v) is 2.98. The average molecular weight is 243 g/mol. The SMILES string of the molecule is COC(=O)C1CCCN(CCOC(C)(C)C)C1. The molecule has 1 unspecified atom stereocenters. The fourth-order valence-corrected chi connectivity index (χ4v) is 2.10. The van der Waals surface area contributed by atoms with Gasteiger partial charge < -0.3 is 14.4 Å².